The van der Waals surface area contributed by atoms with Crippen molar-refractivity contribution in [3.05, 3.63) is 108 Å². The van der Waals surface area contributed by atoms with E-state index >= 15 is 0 Å². The van der Waals surface area contributed by atoms with Gasteiger partial charge in [-0.2, -0.15) is 0 Å². The molecule has 0 bridgehead atoms. The van der Waals surface area contributed by atoms with Crippen LogP contribution < -0.4 is 0 Å². The van der Waals surface area contributed by atoms with Gasteiger partial charge in [0.25, 0.3) is 0 Å². The second kappa shape index (κ2) is 10.6. The van der Waals surface area contributed by atoms with Crippen molar-refractivity contribution in [2.24, 2.45) is 0 Å². The van der Waals surface area contributed by atoms with Gasteiger partial charge in [0.2, 0.25) is 0 Å². The van der Waals surface area contributed by atoms with E-state index in [2.05, 4.69) is 88.4 Å². The van der Waals surface area contributed by atoms with Crippen LogP contribution in [0, 0.1) is 0 Å². The summed E-state index contributed by atoms with van der Waals surface area (Å²) in [6.07, 6.45) is 12.8. The lowest BCUT2D eigenvalue weighted by atomic mass is 10.0. The highest BCUT2D eigenvalue weighted by Crippen LogP contribution is 2.23. The molecule has 0 amide bonds. The minimum absolute atomic E-state index is 1.00. The van der Waals surface area contributed by atoms with Crippen LogP contribution in [0.15, 0.2) is 97.3 Å². The van der Waals surface area contributed by atoms with Crippen LogP contribution in [-0.2, 0) is 12.8 Å². The van der Waals surface area contributed by atoms with Crippen LogP contribution in [0.25, 0.3) is 17.1 Å². The molecule has 4 aromatic rings. The summed E-state index contributed by atoms with van der Waals surface area (Å²) in [5.41, 5.74) is 5.19. The maximum atomic E-state index is 4.62. The molecule has 1 heterocycles. The first kappa shape index (κ1) is 20.2. The summed E-state index contributed by atoms with van der Waals surface area (Å²) in [6, 6.07) is 30.1. The normalized spacial score (nSPS) is 10.9. The third-order valence-corrected chi connectivity index (χ3v) is 5.63. The van der Waals surface area contributed by atoms with Crippen molar-refractivity contribution in [3.63, 3.8) is 0 Å². The van der Waals surface area contributed by atoms with Crippen molar-refractivity contribution in [1.29, 1.82) is 0 Å². The molecule has 1 aromatic heterocycles. The molecule has 0 atom stereocenters. The monoisotopic (exact) mass is 394 g/mol. The molecular formula is C28H30N2. The standard InChI is InChI=1S/C28H30N2/c1(2-6-13-24-14-8-4-9-15-24)3-7-16-25-17-12-18-26(23-25)28-29-21-22-30(28)27-19-10-5-11-20-27/h4-5,8-12,14-15,17-23H,1-3,6-7,13,16H2. The van der Waals surface area contributed by atoms with E-state index in [9.17, 15) is 0 Å². The van der Waals surface area contributed by atoms with Crippen LogP contribution >= 0.6 is 0 Å². The van der Waals surface area contributed by atoms with Gasteiger partial charge < -0.3 is 0 Å². The molecule has 4 rings (SSSR count). The number of aromatic nitrogens is 2. The third kappa shape index (κ3) is 5.48. The molecule has 0 N–H and O–H groups in total. The van der Waals surface area contributed by atoms with E-state index in [0.717, 1.165) is 17.9 Å². The molecule has 0 aliphatic heterocycles. The van der Waals surface area contributed by atoms with Gasteiger partial charge in [0.1, 0.15) is 5.82 Å². The Labute approximate surface area is 180 Å². The van der Waals surface area contributed by atoms with Gasteiger partial charge in [-0.05, 0) is 55.0 Å². The number of aryl methyl sites for hydroxylation is 2. The van der Waals surface area contributed by atoms with Gasteiger partial charge in [-0.25, -0.2) is 4.98 Å². The Morgan fingerprint density at radius 3 is 2.00 bits per heavy atom. The molecule has 0 aliphatic carbocycles. The summed E-state index contributed by atoms with van der Waals surface area (Å²) >= 11 is 0. The molecule has 3 aromatic carbocycles. The molecule has 0 saturated heterocycles. The van der Waals surface area contributed by atoms with Crippen LogP contribution in [0.5, 0.6) is 0 Å². The highest BCUT2D eigenvalue weighted by Gasteiger charge is 2.08. The largest absolute Gasteiger partial charge is 0.300 e. The van der Waals surface area contributed by atoms with Crippen molar-refractivity contribution in [3.8, 4) is 17.1 Å². The number of imidazole rings is 1. The Kier molecular flexibility index (Phi) is 7.12. The first-order valence-corrected chi connectivity index (χ1v) is 11.1. The van der Waals surface area contributed by atoms with Gasteiger partial charge >= 0.3 is 0 Å². The smallest absolute Gasteiger partial charge is 0.144 e. The van der Waals surface area contributed by atoms with Crippen LogP contribution in [0.3, 0.4) is 0 Å². The SMILES string of the molecule is c1ccc(CCCCCCCc2cccc(-c3nccn3-c3ccccc3)c2)cc1. The number of para-hydroxylation sites is 1. The van der Waals surface area contributed by atoms with Crippen LogP contribution in [0.1, 0.15) is 43.2 Å². The Hall–Kier alpha value is -3.13. The van der Waals surface area contributed by atoms with Crippen molar-refractivity contribution >= 4 is 0 Å². The lowest BCUT2D eigenvalue weighted by Crippen LogP contribution is -1.96. The predicted octanol–water partition coefficient (Wildman–Crippen LogP) is 7.28. The Balaban J connectivity index is 1.26. The number of nitrogens with zero attached hydrogens (tertiary/aromatic N) is 2. The molecular weight excluding hydrogens is 364 g/mol. The maximum Gasteiger partial charge on any atom is 0.144 e. The van der Waals surface area contributed by atoms with Crippen molar-refractivity contribution in [2.45, 2.75) is 44.9 Å². The molecule has 2 heteroatoms. The van der Waals surface area contributed by atoms with Crippen LogP contribution in [0.2, 0.25) is 0 Å². The number of hydrogen-bond acceptors (Lipinski definition) is 1. The molecule has 0 saturated carbocycles. The van der Waals surface area contributed by atoms with Gasteiger partial charge in [0, 0.05) is 23.6 Å². The topological polar surface area (TPSA) is 17.8 Å². The van der Waals surface area contributed by atoms with Gasteiger partial charge in [0.05, 0.1) is 0 Å². The average Bonchev–Trinajstić information content (AvgIpc) is 3.30. The summed E-state index contributed by atoms with van der Waals surface area (Å²) in [6.45, 7) is 0. The van der Waals surface area contributed by atoms with Crippen LogP contribution in [0.4, 0.5) is 0 Å². The fraction of sp³-hybridized carbons (Fsp3) is 0.250. The zero-order valence-corrected chi connectivity index (χ0v) is 17.6. The summed E-state index contributed by atoms with van der Waals surface area (Å²) in [5.74, 6) is 1.00. The number of benzene rings is 3. The van der Waals surface area contributed by atoms with Gasteiger partial charge in [-0.15, -0.1) is 0 Å². The van der Waals surface area contributed by atoms with E-state index in [4.69, 9.17) is 0 Å². The Bertz CT molecular complexity index is 1020. The lowest BCUT2D eigenvalue weighted by molar-refractivity contribution is 0.613. The fourth-order valence-electron chi connectivity index (χ4n) is 4.01. The van der Waals surface area contributed by atoms with E-state index in [-0.39, 0.29) is 0 Å². The van der Waals surface area contributed by atoms with E-state index in [1.807, 2.05) is 18.5 Å². The zero-order chi connectivity index (χ0) is 20.4. The summed E-state index contributed by atoms with van der Waals surface area (Å²) in [7, 11) is 0. The summed E-state index contributed by atoms with van der Waals surface area (Å²) in [5, 5.41) is 0. The minimum Gasteiger partial charge on any atom is -0.300 e. The molecule has 0 unspecified atom stereocenters. The summed E-state index contributed by atoms with van der Waals surface area (Å²) in [4.78, 5) is 4.62. The van der Waals surface area contributed by atoms with Crippen LogP contribution in [-0.4, -0.2) is 9.55 Å². The number of unbranched alkanes of at least 4 members (excludes halogenated alkanes) is 4. The van der Waals surface area contributed by atoms with E-state index < -0.39 is 0 Å². The van der Waals surface area contributed by atoms with E-state index in [1.165, 1.54) is 55.2 Å². The molecule has 0 radical (unpaired) electrons. The zero-order valence-electron chi connectivity index (χ0n) is 17.6. The summed E-state index contributed by atoms with van der Waals surface area (Å²) < 4.78 is 2.16. The lowest BCUT2D eigenvalue weighted by Gasteiger charge is -2.09. The Morgan fingerprint density at radius 1 is 0.600 bits per heavy atom. The molecule has 2 nitrogen and oxygen atoms in total. The molecule has 30 heavy (non-hydrogen) atoms. The first-order valence-electron chi connectivity index (χ1n) is 11.1. The predicted molar refractivity (Wildman–Crippen MR) is 126 cm³/mol. The molecule has 0 aliphatic rings. The minimum atomic E-state index is 1.00. The van der Waals surface area contributed by atoms with Crippen molar-refractivity contribution < 1.29 is 0 Å². The number of hydrogen-bond donors (Lipinski definition) is 0. The number of rotatable bonds is 10. The van der Waals surface area contributed by atoms with Crippen molar-refractivity contribution in [2.75, 3.05) is 0 Å². The van der Waals surface area contributed by atoms with E-state index in [0.29, 0.717) is 0 Å². The van der Waals surface area contributed by atoms with Gasteiger partial charge in [0.15, 0.2) is 0 Å². The highest BCUT2D eigenvalue weighted by molar-refractivity contribution is 5.59. The third-order valence-electron chi connectivity index (χ3n) is 5.63. The fourth-order valence-corrected chi connectivity index (χ4v) is 4.01. The Morgan fingerprint density at radius 2 is 1.23 bits per heavy atom. The molecule has 0 spiro atoms. The highest BCUT2D eigenvalue weighted by atomic mass is 15.1. The second-order valence-electron chi connectivity index (χ2n) is 7.91. The molecule has 152 valence electrons. The quantitative estimate of drug-likeness (QED) is 0.258. The molecule has 0 fully saturated rings. The van der Waals surface area contributed by atoms with Crippen molar-refractivity contribution in [1.82, 2.24) is 9.55 Å². The van der Waals surface area contributed by atoms with Gasteiger partial charge in [-0.1, -0.05) is 86.0 Å². The second-order valence-corrected chi connectivity index (χ2v) is 7.91. The maximum absolute atomic E-state index is 4.62. The van der Waals surface area contributed by atoms with Gasteiger partial charge in [-0.3, -0.25) is 4.57 Å². The first-order chi connectivity index (χ1) is 14.9. The van der Waals surface area contributed by atoms with E-state index in [1.54, 1.807) is 0 Å². The average molecular weight is 395 g/mol.